The Labute approximate surface area is 86.8 Å². The lowest BCUT2D eigenvalue weighted by Gasteiger charge is -2.06. The number of carbonyl (C=O) groups is 1. The van der Waals surface area contributed by atoms with Crippen LogP contribution in [0.1, 0.15) is 12.5 Å². The summed E-state index contributed by atoms with van der Waals surface area (Å²) < 4.78 is 18.1. The second kappa shape index (κ2) is 5.14. The van der Waals surface area contributed by atoms with Gasteiger partial charge in [0.25, 0.3) is 0 Å². The van der Waals surface area contributed by atoms with Gasteiger partial charge in [-0.05, 0) is 31.2 Å². The number of rotatable bonds is 4. The number of ether oxygens (including phenoxy) is 1. The molecule has 0 aliphatic heterocycles. The highest BCUT2D eigenvalue weighted by atomic mass is 19.1. The average Bonchev–Trinajstić information content (AvgIpc) is 2.18. The molecule has 1 aromatic carbocycles. The van der Waals surface area contributed by atoms with Crippen molar-refractivity contribution in [1.29, 1.82) is 0 Å². The topological polar surface area (TPSA) is 46.5 Å². The van der Waals surface area contributed by atoms with Crippen LogP contribution < -0.4 is 4.74 Å². The minimum absolute atomic E-state index is 0.416. The van der Waals surface area contributed by atoms with Crippen molar-refractivity contribution in [2.24, 2.45) is 0 Å². The van der Waals surface area contributed by atoms with E-state index in [1.807, 2.05) is 0 Å². The smallest absolute Gasteiger partial charge is 0.328 e. The molecule has 15 heavy (non-hydrogen) atoms. The van der Waals surface area contributed by atoms with Gasteiger partial charge < -0.3 is 9.84 Å². The van der Waals surface area contributed by atoms with Crippen LogP contribution in [0.15, 0.2) is 24.3 Å². The van der Waals surface area contributed by atoms with Crippen LogP contribution in [0, 0.1) is 5.82 Å². The van der Waals surface area contributed by atoms with E-state index in [-0.39, 0.29) is 0 Å². The molecule has 0 bridgehead atoms. The Bertz CT molecular complexity index is 385. The van der Waals surface area contributed by atoms with Crippen molar-refractivity contribution in [2.75, 3.05) is 6.61 Å². The first-order valence-electron chi connectivity index (χ1n) is 4.47. The van der Waals surface area contributed by atoms with Crippen molar-refractivity contribution in [3.05, 3.63) is 35.7 Å². The van der Waals surface area contributed by atoms with Gasteiger partial charge in [-0.3, -0.25) is 0 Å². The Kier molecular flexibility index (Phi) is 3.85. The molecule has 0 unspecified atom stereocenters. The molecular formula is C11H11FO3. The van der Waals surface area contributed by atoms with Crippen molar-refractivity contribution >= 4 is 12.0 Å². The SMILES string of the molecule is CCOc1ccc(F)cc1/C=C\C(=O)O. The average molecular weight is 210 g/mol. The van der Waals surface area contributed by atoms with Gasteiger partial charge in [0.2, 0.25) is 0 Å². The van der Waals surface area contributed by atoms with Crippen LogP contribution in [-0.4, -0.2) is 17.7 Å². The van der Waals surface area contributed by atoms with Gasteiger partial charge in [0.1, 0.15) is 11.6 Å². The molecule has 0 saturated heterocycles. The maximum atomic E-state index is 12.9. The van der Waals surface area contributed by atoms with Gasteiger partial charge >= 0.3 is 5.97 Å². The van der Waals surface area contributed by atoms with Crippen LogP contribution in [0.4, 0.5) is 4.39 Å². The lowest BCUT2D eigenvalue weighted by molar-refractivity contribution is -0.131. The number of aliphatic carboxylic acids is 1. The molecule has 0 aromatic heterocycles. The first-order chi connectivity index (χ1) is 7.13. The molecule has 1 N–H and O–H groups in total. The van der Waals surface area contributed by atoms with E-state index < -0.39 is 11.8 Å². The lowest BCUT2D eigenvalue weighted by Crippen LogP contribution is -1.95. The molecule has 0 amide bonds. The van der Waals surface area contributed by atoms with Gasteiger partial charge in [-0.15, -0.1) is 0 Å². The predicted molar refractivity (Wildman–Crippen MR) is 54.2 cm³/mol. The summed E-state index contributed by atoms with van der Waals surface area (Å²) in [6.07, 6.45) is 2.24. The third kappa shape index (κ3) is 3.42. The maximum absolute atomic E-state index is 12.9. The largest absolute Gasteiger partial charge is 0.493 e. The Morgan fingerprint density at radius 3 is 2.93 bits per heavy atom. The number of hydrogen-bond acceptors (Lipinski definition) is 2. The standard InChI is InChI=1S/C11H11FO3/c1-2-15-10-5-4-9(12)7-8(10)3-6-11(13)14/h3-7H,2H2,1H3,(H,13,14)/b6-3-. The number of hydrogen-bond donors (Lipinski definition) is 1. The van der Waals surface area contributed by atoms with Crippen molar-refractivity contribution < 1.29 is 19.0 Å². The second-order valence-electron chi connectivity index (χ2n) is 2.79. The fourth-order valence-corrected chi connectivity index (χ4v) is 1.10. The summed E-state index contributed by atoms with van der Waals surface area (Å²) in [5, 5.41) is 8.44. The highest BCUT2D eigenvalue weighted by Crippen LogP contribution is 2.21. The van der Waals surface area contributed by atoms with Crippen LogP contribution in [0.25, 0.3) is 6.08 Å². The van der Waals surface area contributed by atoms with E-state index in [2.05, 4.69) is 0 Å². The van der Waals surface area contributed by atoms with E-state index in [4.69, 9.17) is 9.84 Å². The summed E-state index contributed by atoms with van der Waals surface area (Å²) in [5.74, 6) is -1.04. The molecule has 0 saturated carbocycles. The fraction of sp³-hybridized carbons (Fsp3) is 0.182. The minimum Gasteiger partial charge on any atom is -0.493 e. The molecule has 0 radical (unpaired) electrons. The lowest BCUT2D eigenvalue weighted by atomic mass is 10.2. The van der Waals surface area contributed by atoms with E-state index >= 15 is 0 Å². The summed E-state index contributed by atoms with van der Waals surface area (Å²) in [6.45, 7) is 2.24. The van der Waals surface area contributed by atoms with E-state index in [0.717, 1.165) is 6.08 Å². The molecule has 0 atom stereocenters. The first kappa shape index (κ1) is 11.2. The molecule has 0 spiro atoms. The van der Waals surface area contributed by atoms with Crippen LogP contribution in [0.3, 0.4) is 0 Å². The van der Waals surface area contributed by atoms with Gasteiger partial charge in [-0.25, -0.2) is 9.18 Å². The highest BCUT2D eigenvalue weighted by Gasteiger charge is 2.02. The molecule has 0 aliphatic carbocycles. The van der Waals surface area contributed by atoms with Crippen LogP contribution >= 0.6 is 0 Å². The van der Waals surface area contributed by atoms with Gasteiger partial charge in [0, 0.05) is 11.6 Å². The summed E-state index contributed by atoms with van der Waals surface area (Å²) in [4.78, 5) is 10.3. The van der Waals surface area contributed by atoms with Crippen LogP contribution in [0.2, 0.25) is 0 Å². The van der Waals surface area contributed by atoms with Crippen molar-refractivity contribution in [3.63, 3.8) is 0 Å². The first-order valence-corrected chi connectivity index (χ1v) is 4.47. The summed E-state index contributed by atoms with van der Waals surface area (Å²) >= 11 is 0. The Morgan fingerprint density at radius 1 is 1.60 bits per heavy atom. The van der Waals surface area contributed by atoms with E-state index in [0.29, 0.717) is 17.9 Å². The van der Waals surface area contributed by atoms with Gasteiger partial charge in [0.05, 0.1) is 6.61 Å². The van der Waals surface area contributed by atoms with Crippen molar-refractivity contribution in [3.8, 4) is 5.75 Å². The molecular weight excluding hydrogens is 199 g/mol. The Morgan fingerprint density at radius 2 is 2.33 bits per heavy atom. The summed E-state index contributed by atoms with van der Waals surface area (Å²) in [5.41, 5.74) is 0.416. The van der Waals surface area contributed by atoms with E-state index in [1.54, 1.807) is 6.92 Å². The third-order valence-corrected chi connectivity index (χ3v) is 1.68. The zero-order valence-electron chi connectivity index (χ0n) is 8.24. The normalized spacial score (nSPS) is 10.5. The fourth-order valence-electron chi connectivity index (χ4n) is 1.10. The Hall–Kier alpha value is -1.84. The Balaban J connectivity index is 3.01. The number of carboxylic acids is 1. The molecule has 4 heteroatoms. The van der Waals surface area contributed by atoms with Crippen LogP contribution in [-0.2, 0) is 4.79 Å². The van der Waals surface area contributed by atoms with E-state index in [1.165, 1.54) is 24.3 Å². The zero-order valence-corrected chi connectivity index (χ0v) is 8.24. The van der Waals surface area contributed by atoms with Gasteiger partial charge in [0.15, 0.2) is 0 Å². The molecule has 0 heterocycles. The number of carboxylic acid groups (broad SMARTS) is 1. The van der Waals surface area contributed by atoms with Crippen LogP contribution in [0.5, 0.6) is 5.75 Å². The van der Waals surface area contributed by atoms with Gasteiger partial charge in [-0.1, -0.05) is 0 Å². The molecule has 1 aromatic rings. The molecule has 0 fully saturated rings. The van der Waals surface area contributed by atoms with Crippen molar-refractivity contribution in [1.82, 2.24) is 0 Å². The maximum Gasteiger partial charge on any atom is 0.328 e. The summed E-state index contributed by atoms with van der Waals surface area (Å²) in [6, 6.07) is 3.97. The second-order valence-corrected chi connectivity index (χ2v) is 2.79. The number of halogens is 1. The third-order valence-electron chi connectivity index (χ3n) is 1.68. The zero-order chi connectivity index (χ0) is 11.3. The molecule has 80 valence electrons. The van der Waals surface area contributed by atoms with E-state index in [9.17, 15) is 9.18 Å². The van der Waals surface area contributed by atoms with Crippen molar-refractivity contribution in [2.45, 2.75) is 6.92 Å². The predicted octanol–water partition coefficient (Wildman–Crippen LogP) is 2.32. The number of benzene rings is 1. The quantitative estimate of drug-likeness (QED) is 0.776. The minimum atomic E-state index is -1.08. The highest BCUT2D eigenvalue weighted by molar-refractivity contribution is 5.85. The molecule has 3 nitrogen and oxygen atoms in total. The molecule has 0 aliphatic rings. The monoisotopic (exact) mass is 210 g/mol. The van der Waals surface area contributed by atoms with Gasteiger partial charge in [-0.2, -0.15) is 0 Å². The summed E-state index contributed by atoms with van der Waals surface area (Å²) in [7, 11) is 0. The molecule has 1 rings (SSSR count).